The van der Waals surface area contributed by atoms with Crippen LogP contribution in [0.3, 0.4) is 0 Å². The Labute approximate surface area is 155 Å². The van der Waals surface area contributed by atoms with Crippen molar-refractivity contribution in [3.05, 3.63) is 72.1 Å². The zero-order chi connectivity index (χ0) is 17.9. The number of ether oxygens (including phenoxy) is 1. The summed E-state index contributed by atoms with van der Waals surface area (Å²) in [6.07, 6.45) is 5.56. The number of rotatable bonds is 4. The van der Waals surface area contributed by atoms with Crippen LogP contribution < -0.4 is 10.1 Å². The topological polar surface area (TPSA) is 56.2 Å². The summed E-state index contributed by atoms with van der Waals surface area (Å²) in [6.45, 7) is 0.274. The number of amides is 1. The quantitative estimate of drug-likeness (QED) is 0.762. The van der Waals surface area contributed by atoms with Crippen molar-refractivity contribution in [1.29, 1.82) is 0 Å². The molecule has 0 aliphatic carbocycles. The third kappa shape index (κ3) is 3.50. The van der Waals surface area contributed by atoms with Crippen LogP contribution in [0.5, 0.6) is 5.75 Å². The fourth-order valence-corrected chi connectivity index (χ4v) is 3.42. The number of para-hydroxylation sites is 1. The smallest absolute Gasteiger partial charge is 0.255 e. The average molecular weight is 363 g/mol. The standard InChI is InChI=1S/C20H17N3O2S/c1-23-11-10-21-20(23)26-17-8-6-16(7-9-17)22-19(24)15-12-14-4-2-3-5-18(14)25-13-15/h2-12H,13H2,1H3,(H,22,24). The second-order valence-corrected chi connectivity index (χ2v) is 6.94. The number of fused-ring (bicyclic) bond motifs is 1. The van der Waals surface area contributed by atoms with Crippen molar-refractivity contribution < 1.29 is 9.53 Å². The lowest BCUT2D eigenvalue weighted by molar-refractivity contribution is -0.113. The average Bonchev–Trinajstić information content (AvgIpc) is 3.07. The van der Waals surface area contributed by atoms with Crippen molar-refractivity contribution in [2.24, 2.45) is 7.05 Å². The first-order chi connectivity index (χ1) is 12.7. The molecule has 0 saturated heterocycles. The predicted octanol–water partition coefficient (Wildman–Crippen LogP) is 3.99. The molecule has 130 valence electrons. The molecule has 0 saturated carbocycles. The number of aryl methyl sites for hydroxylation is 1. The summed E-state index contributed by atoms with van der Waals surface area (Å²) < 4.78 is 7.61. The minimum absolute atomic E-state index is 0.149. The van der Waals surface area contributed by atoms with Crippen LogP contribution in [0.15, 0.2) is 76.5 Å². The number of nitrogens with one attached hydrogen (secondary N) is 1. The molecule has 26 heavy (non-hydrogen) atoms. The first-order valence-corrected chi connectivity index (χ1v) is 9.00. The normalized spacial score (nSPS) is 12.7. The van der Waals surface area contributed by atoms with Gasteiger partial charge in [-0.3, -0.25) is 4.79 Å². The molecule has 1 N–H and O–H groups in total. The zero-order valence-electron chi connectivity index (χ0n) is 14.2. The van der Waals surface area contributed by atoms with E-state index in [1.807, 2.05) is 72.4 Å². The van der Waals surface area contributed by atoms with E-state index < -0.39 is 0 Å². The summed E-state index contributed by atoms with van der Waals surface area (Å²) in [7, 11) is 1.96. The highest BCUT2D eigenvalue weighted by molar-refractivity contribution is 7.99. The van der Waals surface area contributed by atoms with E-state index >= 15 is 0 Å². The van der Waals surface area contributed by atoms with Gasteiger partial charge in [-0.05, 0) is 36.4 Å². The number of imidazole rings is 1. The van der Waals surface area contributed by atoms with Gasteiger partial charge in [0.25, 0.3) is 5.91 Å². The number of benzene rings is 2. The zero-order valence-corrected chi connectivity index (χ0v) is 15.0. The number of hydrogen-bond donors (Lipinski definition) is 1. The lowest BCUT2D eigenvalue weighted by Crippen LogP contribution is -2.21. The monoisotopic (exact) mass is 363 g/mol. The molecule has 0 unspecified atom stereocenters. The molecule has 6 heteroatoms. The van der Waals surface area contributed by atoms with Gasteiger partial charge in [-0.2, -0.15) is 0 Å². The first kappa shape index (κ1) is 16.5. The van der Waals surface area contributed by atoms with E-state index in [-0.39, 0.29) is 12.5 Å². The minimum Gasteiger partial charge on any atom is -0.488 e. The first-order valence-electron chi connectivity index (χ1n) is 8.18. The van der Waals surface area contributed by atoms with Gasteiger partial charge >= 0.3 is 0 Å². The van der Waals surface area contributed by atoms with Gasteiger partial charge in [-0.15, -0.1) is 0 Å². The maximum atomic E-state index is 12.5. The van der Waals surface area contributed by atoms with E-state index in [9.17, 15) is 4.79 Å². The van der Waals surface area contributed by atoms with Crippen LogP contribution in [0.2, 0.25) is 0 Å². The number of carbonyl (C=O) groups excluding carboxylic acids is 1. The highest BCUT2D eigenvalue weighted by atomic mass is 32.2. The Balaban J connectivity index is 1.44. The molecule has 0 bridgehead atoms. The van der Waals surface area contributed by atoms with Crippen LogP contribution in [0.25, 0.3) is 6.08 Å². The van der Waals surface area contributed by atoms with Crippen LogP contribution in [0.4, 0.5) is 5.69 Å². The molecule has 2 aromatic carbocycles. The van der Waals surface area contributed by atoms with Gasteiger partial charge in [0.2, 0.25) is 0 Å². The van der Waals surface area contributed by atoms with Crippen molar-refractivity contribution in [1.82, 2.24) is 9.55 Å². The lowest BCUT2D eigenvalue weighted by Gasteiger charge is -2.17. The molecule has 2 heterocycles. The maximum absolute atomic E-state index is 12.5. The summed E-state index contributed by atoms with van der Waals surface area (Å²) in [6, 6.07) is 15.4. The molecule has 4 rings (SSSR count). The van der Waals surface area contributed by atoms with Gasteiger partial charge in [-0.25, -0.2) is 4.98 Å². The molecular weight excluding hydrogens is 346 g/mol. The molecular formula is C20H17N3O2S. The minimum atomic E-state index is -0.149. The predicted molar refractivity (Wildman–Crippen MR) is 102 cm³/mol. The van der Waals surface area contributed by atoms with E-state index in [1.165, 1.54) is 0 Å². The van der Waals surface area contributed by atoms with Crippen LogP contribution in [-0.4, -0.2) is 22.1 Å². The SMILES string of the molecule is Cn1ccnc1Sc1ccc(NC(=O)C2=Cc3ccccc3OC2)cc1. The van der Waals surface area contributed by atoms with Crippen LogP contribution in [0.1, 0.15) is 5.56 Å². The molecule has 0 fully saturated rings. The molecule has 3 aromatic rings. The molecule has 1 amide bonds. The van der Waals surface area contributed by atoms with E-state index in [2.05, 4.69) is 10.3 Å². The van der Waals surface area contributed by atoms with Gasteiger partial charge < -0.3 is 14.6 Å². The Kier molecular flexibility index (Phi) is 4.50. The third-order valence-corrected chi connectivity index (χ3v) is 5.11. The van der Waals surface area contributed by atoms with Gasteiger partial charge in [0.1, 0.15) is 12.4 Å². The van der Waals surface area contributed by atoms with Crippen molar-refractivity contribution in [3.8, 4) is 5.75 Å². The molecule has 0 radical (unpaired) electrons. The van der Waals surface area contributed by atoms with Crippen molar-refractivity contribution in [3.63, 3.8) is 0 Å². The summed E-state index contributed by atoms with van der Waals surface area (Å²) in [5, 5.41) is 3.84. The van der Waals surface area contributed by atoms with Crippen molar-refractivity contribution in [2.75, 3.05) is 11.9 Å². The van der Waals surface area contributed by atoms with E-state index in [1.54, 1.807) is 18.0 Å². The Bertz CT molecular complexity index is 977. The number of nitrogens with zero attached hydrogens (tertiary/aromatic N) is 2. The van der Waals surface area contributed by atoms with Crippen LogP contribution >= 0.6 is 11.8 Å². The number of hydrogen-bond acceptors (Lipinski definition) is 4. The highest BCUT2D eigenvalue weighted by Crippen LogP contribution is 2.28. The Morgan fingerprint density at radius 1 is 1.19 bits per heavy atom. The summed E-state index contributed by atoms with van der Waals surface area (Å²) in [5.41, 5.74) is 2.28. The summed E-state index contributed by atoms with van der Waals surface area (Å²) >= 11 is 1.58. The highest BCUT2D eigenvalue weighted by Gasteiger charge is 2.17. The molecule has 1 aromatic heterocycles. The molecule has 1 aliphatic rings. The molecule has 1 aliphatic heterocycles. The molecule has 5 nitrogen and oxygen atoms in total. The largest absolute Gasteiger partial charge is 0.488 e. The van der Waals surface area contributed by atoms with E-state index in [4.69, 9.17) is 4.74 Å². The van der Waals surface area contributed by atoms with Gasteiger partial charge in [0.15, 0.2) is 5.16 Å². The number of anilines is 1. The molecule has 0 atom stereocenters. The summed E-state index contributed by atoms with van der Waals surface area (Å²) in [4.78, 5) is 17.8. The van der Waals surface area contributed by atoms with Crippen molar-refractivity contribution >= 4 is 29.4 Å². The molecule has 0 spiro atoms. The Morgan fingerprint density at radius 3 is 2.77 bits per heavy atom. The number of aromatic nitrogens is 2. The second-order valence-electron chi connectivity index (χ2n) is 5.90. The lowest BCUT2D eigenvalue weighted by atomic mass is 10.1. The van der Waals surface area contributed by atoms with Crippen molar-refractivity contribution in [2.45, 2.75) is 10.1 Å². The number of carbonyl (C=O) groups is 1. The Hall–Kier alpha value is -2.99. The van der Waals surface area contributed by atoms with Gasteiger partial charge in [0, 0.05) is 35.6 Å². The van der Waals surface area contributed by atoms with Gasteiger partial charge in [-0.1, -0.05) is 30.0 Å². The summed E-state index contributed by atoms with van der Waals surface area (Å²) in [5.74, 6) is 0.656. The second kappa shape index (κ2) is 7.09. The van der Waals surface area contributed by atoms with E-state index in [0.717, 1.165) is 27.1 Å². The Morgan fingerprint density at radius 2 is 2.00 bits per heavy atom. The third-order valence-electron chi connectivity index (χ3n) is 4.02. The fourth-order valence-electron chi connectivity index (χ4n) is 2.62. The fraction of sp³-hybridized carbons (Fsp3) is 0.100. The maximum Gasteiger partial charge on any atom is 0.255 e. The van der Waals surface area contributed by atoms with E-state index in [0.29, 0.717) is 5.57 Å². The van der Waals surface area contributed by atoms with Gasteiger partial charge in [0.05, 0.1) is 5.57 Å². The van der Waals surface area contributed by atoms with Crippen LogP contribution in [0, 0.1) is 0 Å². The van der Waals surface area contributed by atoms with Crippen LogP contribution in [-0.2, 0) is 11.8 Å².